The molecule has 0 amide bonds. The fourth-order valence-electron chi connectivity index (χ4n) is 2.35. The maximum absolute atomic E-state index is 10.6. The van der Waals surface area contributed by atoms with Crippen molar-refractivity contribution in [3.63, 3.8) is 0 Å². The number of hydrogen-bond donors (Lipinski definition) is 1. The quantitative estimate of drug-likeness (QED) is 0.889. The van der Waals surface area contributed by atoms with Gasteiger partial charge in [0.1, 0.15) is 5.75 Å². The molecule has 0 aromatic heterocycles. The minimum absolute atomic E-state index is 0.0534. The van der Waals surface area contributed by atoms with E-state index >= 15 is 0 Å². The van der Waals surface area contributed by atoms with E-state index in [1.807, 2.05) is 12.1 Å². The molecular weight excluding hydrogens is 228 g/mol. The summed E-state index contributed by atoms with van der Waals surface area (Å²) in [5.74, 6) is 0.503. The normalized spacial score (nSPS) is 17.9. The monoisotopic (exact) mass is 248 g/mol. The third-order valence-electron chi connectivity index (χ3n) is 3.68. The summed E-state index contributed by atoms with van der Waals surface area (Å²) in [6.07, 6.45) is 0.896. The second-order valence-electron chi connectivity index (χ2n) is 5.76. The maximum atomic E-state index is 10.6. The van der Waals surface area contributed by atoms with E-state index in [9.17, 15) is 4.79 Å². The van der Waals surface area contributed by atoms with Crippen LogP contribution in [0.1, 0.15) is 50.7 Å². The Labute approximate surface area is 108 Å². The largest absolute Gasteiger partial charge is 0.492 e. The first-order chi connectivity index (χ1) is 8.40. The number of hydrogen-bond acceptors (Lipinski definition) is 2. The molecule has 3 nitrogen and oxygen atoms in total. The lowest BCUT2D eigenvalue weighted by Gasteiger charge is -2.17. The van der Waals surface area contributed by atoms with Gasteiger partial charge in [-0.2, -0.15) is 0 Å². The van der Waals surface area contributed by atoms with Crippen molar-refractivity contribution in [3.8, 4) is 5.75 Å². The van der Waals surface area contributed by atoms with Gasteiger partial charge in [0.15, 0.2) is 0 Å². The molecule has 1 aliphatic heterocycles. The van der Waals surface area contributed by atoms with Crippen molar-refractivity contribution in [1.82, 2.24) is 0 Å². The Morgan fingerprint density at radius 1 is 1.50 bits per heavy atom. The number of rotatable bonds is 4. The molecule has 0 fully saturated rings. The van der Waals surface area contributed by atoms with E-state index in [4.69, 9.17) is 9.84 Å². The molecule has 2 rings (SSSR count). The van der Waals surface area contributed by atoms with Crippen LogP contribution in [0.4, 0.5) is 0 Å². The third-order valence-corrected chi connectivity index (χ3v) is 3.68. The molecule has 1 heterocycles. The van der Waals surface area contributed by atoms with Crippen molar-refractivity contribution in [1.29, 1.82) is 0 Å². The molecule has 1 aliphatic rings. The smallest absolute Gasteiger partial charge is 0.303 e. The van der Waals surface area contributed by atoms with E-state index < -0.39 is 5.97 Å². The first-order valence-corrected chi connectivity index (χ1v) is 6.39. The van der Waals surface area contributed by atoms with Crippen LogP contribution in [0.5, 0.6) is 5.75 Å². The Bertz CT molecular complexity index is 463. The van der Waals surface area contributed by atoms with Crippen LogP contribution in [0.3, 0.4) is 0 Å². The van der Waals surface area contributed by atoms with Crippen LogP contribution in [0.25, 0.3) is 0 Å². The summed E-state index contributed by atoms with van der Waals surface area (Å²) in [5.41, 5.74) is 2.49. The molecule has 0 bridgehead atoms. The number of aliphatic carboxylic acids is 1. The number of carbonyl (C=O) groups is 1. The highest BCUT2D eigenvalue weighted by Crippen LogP contribution is 2.40. The van der Waals surface area contributed by atoms with Crippen LogP contribution in [0.2, 0.25) is 0 Å². The highest BCUT2D eigenvalue weighted by Gasteiger charge is 2.32. The summed E-state index contributed by atoms with van der Waals surface area (Å²) in [6.45, 7) is 7.14. The van der Waals surface area contributed by atoms with Gasteiger partial charge in [0.05, 0.1) is 6.61 Å². The molecule has 1 unspecified atom stereocenters. The summed E-state index contributed by atoms with van der Waals surface area (Å²) < 4.78 is 5.65. The molecule has 0 aliphatic carbocycles. The fourth-order valence-corrected chi connectivity index (χ4v) is 2.35. The molecular formula is C15H20O3. The van der Waals surface area contributed by atoms with Crippen molar-refractivity contribution in [2.45, 2.75) is 44.9 Å². The molecule has 0 spiro atoms. The second-order valence-corrected chi connectivity index (χ2v) is 5.76. The Hall–Kier alpha value is -1.51. The van der Waals surface area contributed by atoms with Gasteiger partial charge in [0.25, 0.3) is 0 Å². The van der Waals surface area contributed by atoms with Crippen LogP contribution >= 0.6 is 0 Å². The van der Waals surface area contributed by atoms with Gasteiger partial charge in [-0.25, -0.2) is 0 Å². The Morgan fingerprint density at radius 3 is 2.89 bits per heavy atom. The molecule has 0 saturated carbocycles. The number of benzene rings is 1. The number of ether oxygens (including phenoxy) is 1. The van der Waals surface area contributed by atoms with E-state index in [2.05, 4.69) is 26.8 Å². The molecule has 1 aromatic rings. The summed E-state index contributed by atoms with van der Waals surface area (Å²) in [5, 5.41) is 8.73. The summed E-state index contributed by atoms with van der Waals surface area (Å²) in [6, 6.07) is 6.23. The van der Waals surface area contributed by atoms with Crippen LogP contribution in [0.15, 0.2) is 18.2 Å². The predicted octanol–water partition coefficient (Wildman–Crippen LogP) is 3.32. The Balaban J connectivity index is 2.18. The summed E-state index contributed by atoms with van der Waals surface area (Å²) in [7, 11) is 0. The summed E-state index contributed by atoms with van der Waals surface area (Å²) in [4.78, 5) is 10.6. The van der Waals surface area contributed by atoms with Crippen molar-refractivity contribution in [3.05, 3.63) is 29.3 Å². The minimum atomic E-state index is -0.730. The summed E-state index contributed by atoms with van der Waals surface area (Å²) >= 11 is 0. The van der Waals surface area contributed by atoms with E-state index in [0.29, 0.717) is 6.42 Å². The zero-order chi connectivity index (χ0) is 13.3. The first-order valence-electron chi connectivity index (χ1n) is 6.39. The van der Waals surface area contributed by atoms with Crippen LogP contribution in [-0.4, -0.2) is 17.7 Å². The van der Waals surface area contributed by atoms with Gasteiger partial charge in [-0.05, 0) is 24.0 Å². The zero-order valence-electron chi connectivity index (χ0n) is 11.2. The fraction of sp³-hybridized carbons (Fsp3) is 0.533. The van der Waals surface area contributed by atoms with E-state index in [-0.39, 0.29) is 17.8 Å². The van der Waals surface area contributed by atoms with Crippen LogP contribution in [-0.2, 0) is 10.2 Å². The lowest BCUT2D eigenvalue weighted by atomic mass is 9.84. The molecule has 3 heteroatoms. The third kappa shape index (κ3) is 2.50. The predicted molar refractivity (Wildman–Crippen MR) is 70.2 cm³/mol. The van der Waals surface area contributed by atoms with Gasteiger partial charge in [0.2, 0.25) is 0 Å². The van der Waals surface area contributed by atoms with Gasteiger partial charge in [-0.3, -0.25) is 4.79 Å². The topological polar surface area (TPSA) is 46.5 Å². The van der Waals surface area contributed by atoms with Crippen molar-refractivity contribution in [2.75, 3.05) is 6.61 Å². The molecule has 18 heavy (non-hydrogen) atoms. The maximum Gasteiger partial charge on any atom is 0.303 e. The van der Waals surface area contributed by atoms with E-state index in [0.717, 1.165) is 12.4 Å². The van der Waals surface area contributed by atoms with Gasteiger partial charge >= 0.3 is 5.97 Å². The van der Waals surface area contributed by atoms with E-state index in [1.165, 1.54) is 11.1 Å². The Kier molecular flexibility index (Phi) is 3.33. The average Bonchev–Trinajstić information content (AvgIpc) is 2.62. The Morgan fingerprint density at radius 2 is 2.22 bits per heavy atom. The number of fused-ring (bicyclic) bond motifs is 1. The van der Waals surface area contributed by atoms with Crippen molar-refractivity contribution < 1.29 is 14.6 Å². The molecule has 0 saturated heterocycles. The molecule has 0 radical (unpaired) electrons. The van der Waals surface area contributed by atoms with Crippen molar-refractivity contribution >= 4 is 5.97 Å². The van der Waals surface area contributed by atoms with Gasteiger partial charge in [-0.1, -0.05) is 32.9 Å². The molecule has 98 valence electrons. The van der Waals surface area contributed by atoms with Crippen molar-refractivity contribution in [2.24, 2.45) is 0 Å². The highest BCUT2D eigenvalue weighted by molar-refractivity contribution is 5.66. The lowest BCUT2D eigenvalue weighted by Crippen LogP contribution is -2.18. The number of carboxylic acids is 1. The highest BCUT2D eigenvalue weighted by atomic mass is 16.5. The second kappa shape index (κ2) is 4.63. The van der Waals surface area contributed by atoms with Gasteiger partial charge in [-0.15, -0.1) is 0 Å². The molecule has 1 atom stereocenters. The van der Waals surface area contributed by atoms with E-state index in [1.54, 1.807) is 0 Å². The minimum Gasteiger partial charge on any atom is -0.492 e. The number of carboxylic acid groups (broad SMARTS) is 1. The van der Waals surface area contributed by atoms with Crippen LogP contribution in [0, 0.1) is 0 Å². The van der Waals surface area contributed by atoms with Gasteiger partial charge in [0, 0.05) is 17.4 Å². The zero-order valence-corrected chi connectivity index (χ0v) is 11.2. The SMILES string of the molecule is CC(CCC(=O)O)c1ccc2c(c1)C(C)(C)CO2. The first kappa shape index (κ1) is 12.9. The standard InChI is InChI=1S/C15H20O3/c1-10(4-7-14(16)17)11-5-6-13-12(8-11)15(2,3)9-18-13/h5-6,8,10H,4,7,9H2,1-3H3,(H,16,17). The average molecular weight is 248 g/mol. The molecule has 1 aromatic carbocycles. The van der Waals surface area contributed by atoms with Gasteiger partial charge < -0.3 is 9.84 Å². The molecule has 1 N–H and O–H groups in total. The lowest BCUT2D eigenvalue weighted by molar-refractivity contribution is -0.137. The van der Waals surface area contributed by atoms with Crippen LogP contribution < -0.4 is 4.74 Å².